The van der Waals surface area contributed by atoms with E-state index in [1.807, 2.05) is 11.0 Å². The van der Waals surface area contributed by atoms with Crippen molar-refractivity contribution in [1.29, 1.82) is 0 Å². The zero-order valence-corrected chi connectivity index (χ0v) is 8.82. The van der Waals surface area contributed by atoms with Crippen LogP contribution in [0.5, 0.6) is 0 Å². The maximum absolute atomic E-state index is 13.0. The summed E-state index contributed by atoms with van der Waals surface area (Å²) < 4.78 is 13.0. The van der Waals surface area contributed by atoms with Crippen molar-refractivity contribution in [2.45, 2.75) is 25.0 Å². The van der Waals surface area contributed by atoms with Crippen LogP contribution in [0.25, 0.3) is 0 Å². The molecule has 2 aliphatic rings. The van der Waals surface area contributed by atoms with Crippen molar-refractivity contribution in [3.05, 3.63) is 35.6 Å². The van der Waals surface area contributed by atoms with E-state index in [0.717, 1.165) is 18.5 Å². The average molecular weight is 220 g/mol. The van der Waals surface area contributed by atoms with Crippen LogP contribution in [0.2, 0.25) is 0 Å². The summed E-state index contributed by atoms with van der Waals surface area (Å²) in [6, 6.07) is 6.74. The van der Waals surface area contributed by atoms with E-state index in [0.29, 0.717) is 12.6 Å². The van der Waals surface area contributed by atoms with Crippen LogP contribution in [0, 0.1) is 5.82 Å². The topological polar surface area (TPSA) is 32.3 Å². The van der Waals surface area contributed by atoms with Crippen LogP contribution in [0.3, 0.4) is 0 Å². The molecule has 1 aromatic rings. The first-order valence-corrected chi connectivity index (χ1v) is 5.52. The molecule has 0 radical (unpaired) electrons. The number of hydrogen-bond donors (Lipinski definition) is 1. The van der Waals surface area contributed by atoms with Gasteiger partial charge < -0.3 is 10.2 Å². The van der Waals surface area contributed by atoms with Crippen molar-refractivity contribution in [1.82, 2.24) is 10.2 Å². The van der Waals surface area contributed by atoms with E-state index >= 15 is 0 Å². The van der Waals surface area contributed by atoms with E-state index in [1.54, 1.807) is 6.07 Å². The van der Waals surface area contributed by atoms with Gasteiger partial charge in [-0.25, -0.2) is 4.39 Å². The Balaban J connectivity index is 1.78. The molecule has 2 atom stereocenters. The predicted octanol–water partition coefficient (Wildman–Crippen LogP) is 0.898. The smallest absolute Gasteiger partial charge is 0.240 e. The molecule has 0 aliphatic carbocycles. The number of carbonyl (C=O) groups excluding carboxylic acids is 1. The van der Waals surface area contributed by atoms with Gasteiger partial charge in [0.2, 0.25) is 5.91 Å². The molecule has 0 aromatic heterocycles. The Morgan fingerprint density at radius 2 is 2.38 bits per heavy atom. The zero-order valence-electron chi connectivity index (χ0n) is 8.82. The van der Waals surface area contributed by atoms with Crippen molar-refractivity contribution >= 4 is 5.91 Å². The number of carbonyl (C=O) groups is 1. The minimum absolute atomic E-state index is 0.00133. The van der Waals surface area contributed by atoms with Gasteiger partial charge in [-0.2, -0.15) is 0 Å². The maximum atomic E-state index is 13.0. The first kappa shape index (κ1) is 9.78. The van der Waals surface area contributed by atoms with Gasteiger partial charge in [0.1, 0.15) is 5.82 Å². The lowest BCUT2D eigenvalue weighted by Gasteiger charge is -2.27. The van der Waals surface area contributed by atoms with Gasteiger partial charge in [0.25, 0.3) is 0 Å². The van der Waals surface area contributed by atoms with E-state index in [4.69, 9.17) is 0 Å². The van der Waals surface area contributed by atoms with Gasteiger partial charge in [-0.1, -0.05) is 12.1 Å². The van der Waals surface area contributed by atoms with Gasteiger partial charge in [0, 0.05) is 19.1 Å². The molecule has 1 N–H and O–H groups in total. The zero-order chi connectivity index (χ0) is 11.1. The average Bonchev–Trinajstić information content (AvgIpc) is 2.82. The lowest BCUT2D eigenvalue weighted by molar-refractivity contribution is -0.132. The number of nitrogens with zero attached hydrogens (tertiary/aromatic N) is 1. The van der Waals surface area contributed by atoms with E-state index in [-0.39, 0.29) is 17.8 Å². The largest absolute Gasteiger partial charge is 0.333 e. The molecule has 2 aliphatic heterocycles. The summed E-state index contributed by atoms with van der Waals surface area (Å²) in [6.45, 7) is 1.39. The number of piperazine rings is 1. The minimum Gasteiger partial charge on any atom is -0.333 e. The SMILES string of the molecule is O=C1[C@@H]2C[C@@H](CN2)N1Cc1cccc(F)c1. The van der Waals surface area contributed by atoms with Crippen LogP contribution < -0.4 is 5.32 Å². The third-order valence-corrected chi connectivity index (χ3v) is 3.37. The number of nitrogens with one attached hydrogen (secondary N) is 1. The Bertz CT molecular complexity index is 435. The molecule has 3 rings (SSSR count). The number of amides is 1. The molecule has 1 amide bonds. The van der Waals surface area contributed by atoms with Gasteiger partial charge in [0.05, 0.1) is 6.04 Å². The van der Waals surface area contributed by atoms with Crippen LogP contribution in [0.1, 0.15) is 12.0 Å². The Morgan fingerprint density at radius 1 is 1.50 bits per heavy atom. The molecule has 16 heavy (non-hydrogen) atoms. The first-order chi connectivity index (χ1) is 7.74. The summed E-state index contributed by atoms with van der Waals surface area (Å²) in [7, 11) is 0. The van der Waals surface area contributed by atoms with Crippen LogP contribution in [0.4, 0.5) is 4.39 Å². The molecule has 3 nitrogen and oxygen atoms in total. The lowest BCUT2D eigenvalue weighted by Crippen LogP contribution is -2.47. The molecular formula is C12H13FN2O. The van der Waals surface area contributed by atoms with Crippen molar-refractivity contribution < 1.29 is 9.18 Å². The number of likely N-dealkylation sites (tertiary alicyclic amines) is 1. The monoisotopic (exact) mass is 220 g/mol. The minimum atomic E-state index is -0.243. The van der Waals surface area contributed by atoms with E-state index in [1.165, 1.54) is 12.1 Å². The fourth-order valence-electron chi connectivity index (χ4n) is 2.56. The fourth-order valence-corrected chi connectivity index (χ4v) is 2.56. The molecule has 2 heterocycles. The highest BCUT2D eigenvalue weighted by Crippen LogP contribution is 2.26. The molecule has 0 unspecified atom stereocenters. The summed E-state index contributed by atoms with van der Waals surface area (Å²) in [4.78, 5) is 13.7. The van der Waals surface area contributed by atoms with E-state index in [2.05, 4.69) is 5.32 Å². The summed E-state index contributed by atoms with van der Waals surface area (Å²) in [6.07, 6.45) is 0.897. The molecule has 2 fully saturated rings. The van der Waals surface area contributed by atoms with Gasteiger partial charge in [-0.05, 0) is 24.1 Å². The highest BCUT2D eigenvalue weighted by atomic mass is 19.1. The molecule has 0 saturated carbocycles. The second-order valence-electron chi connectivity index (χ2n) is 4.45. The second-order valence-corrected chi connectivity index (χ2v) is 4.45. The number of halogens is 1. The van der Waals surface area contributed by atoms with Gasteiger partial charge in [-0.15, -0.1) is 0 Å². The van der Waals surface area contributed by atoms with Crippen LogP contribution in [-0.4, -0.2) is 29.4 Å². The van der Waals surface area contributed by atoms with Crippen LogP contribution in [0.15, 0.2) is 24.3 Å². The summed E-state index contributed by atoms with van der Waals surface area (Å²) in [5, 5.41) is 3.17. The molecular weight excluding hydrogens is 207 g/mol. The molecule has 2 saturated heterocycles. The van der Waals surface area contributed by atoms with Gasteiger partial charge in [-0.3, -0.25) is 4.79 Å². The number of hydrogen-bond acceptors (Lipinski definition) is 2. The van der Waals surface area contributed by atoms with Crippen molar-refractivity contribution in [3.63, 3.8) is 0 Å². The standard InChI is InChI=1S/C12H13FN2O/c13-9-3-1-2-8(4-9)7-15-10-5-11(12(15)16)14-6-10/h1-4,10-11,14H,5-7H2/t10-,11-/m0/s1. The lowest BCUT2D eigenvalue weighted by atomic mass is 10.2. The van der Waals surface area contributed by atoms with Crippen molar-refractivity contribution in [2.75, 3.05) is 6.54 Å². The Labute approximate surface area is 93.2 Å². The molecule has 0 spiro atoms. The summed E-state index contributed by atoms with van der Waals surface area (Å²) in [5.74, 6) is -0.0899. The highest BCUT2D eigenvalue weighted by molar-refractivity contribution is 5.85. The van der Waals surface area contributed by atoms with Gasteiger partial charge in [0.15, 0.2) is 0 Å². The normalized spacial score (nSPS) is 27.8. The second kappa shape index (κ2) is 3.56. The number of benzene rings is 1. The molecule has 84 valence electrons. The molecule has 2 bridgehead atoms. The van der Waals surface area contributed by atoms with E-state index < -0.39 is 0 Å². The van der Waals surface area contributed by atoms with Crippen molar-refractivity contribution in [2.24, 2.45) is 0 Å². The Morgan fingerprint density at radius 3 is 3.06 bits per heavy atom. The Kier molecular flexibility index (Phi) is 2.17. The predicted molar refractivity (Wildman–Crippen MR) is 57.1 cm³/mol. The van der Waals surface area contributed by atoms with Crippen molar-refractivity contribution in [3.8, 4) is 0 Å². The quantitative estimate of drug-likeness (QED) is 0.803. The Hall–Kier alpha value is -1.42. The summed E-state index contributed by atoms with van der Waals surface area (Å²) in [5.41, 5.74) is 0.862. The van der Waals surface area contributed by atoms with Crippen LogP contribution >= 0.6 is 0 Å². The summed E-state index contributed by atoms with van der Waals surface area (Å²) >= 11 is 0. The van der Waals surface area contributed by atoms with E-state index in [9.17, 15) is 9.18 Å². The molecule has 4 heteroatoms. The van der Waals surface area contributed by atoms with Gasteiger partial charge >= 0.3 is 0 Å². The maximum Gasteiger partial charge on any atom is 0.240 e. The number of fused-ring (bicyclic) bond motifs is 2. The number of rotatable bonds is 2. The first-order valence-electron chi connectivity index (χ1n) is 5.52. The van der Waals surface area contributed by atoms with Crippen LogP contribution in [-0.2, 0) is 11.3 Å². The molecule has 1 aromatic carbocycles. The fraction of sp³-hybridized carbons (Fsp3) is 0.417. The highest BCUT2D eigenvalue weighted by Gasteiger charge is 2.44. The third-order valence-electron chi connectivity index (χ3n) is 3.37. The third kappa shape index (κ3) is 1.50.